The molecule has 0 spiro atoms. The van der Waals surface area contributed by atoms with Gasteiger partial charge in [0.15, 0.2) is 11.4 Å². The van der Waals surface area contributed by atoms with Crippen molar-refractivity contribution in [3.8, 4) is 0 Å². The highest BCUT2D eigenvalue weighted by molar-refractivity contribution is 8.01. The van der Waals surface area contributed by atoms with Crippen LogP contribution in [0.15, 0.2) is 30.3 Å². The predicted molar refractivity (Wildman–Crippen MR) is 124 cm³/mol. The summed E-state index contributed by atoms with van der Waals surface area (Å²) in [4.78, 5) is 44.5. The molecular weight excluding hydrogens is 480 g/mol. The maximum absolute atomic E-state index is 14.1. The molecule has 0 aromatic heterocycles. The first-order valence-corrected chi connectivity index (χ1v) is 12.4. The summed E-state index contributed by atoms with van der Waals surface area (Å²) in [5.41, 5.74) is -1.82. The first kappa shape index (κ1) is 25.8. The molecule has 3 saturated heterocycles. The number of carbonyl (C=O) groups excluding carboxylic acids is 2. The quantitative estimate of drug-likeness (QED) is 0.300. The summed E-state index contributed by atoms with van der Waals surface area (Å²) in [6.45, 7) is 4.51. The first-order valence-electron chi connectivity index (χ1n) is 11.6. The van der Waals surface area contributed by atoms with Crippen molar-refractivity contribution in [3.63, 3.8) is 0 Å². The standard InChI is InChI=1S/C23H30N2O9S/c1-4-5-11-15-24(20(27)14-9-7-6-8-10-14)16(21(2,3)35-15)17(26)22(28)12-32-19-18(22)33-13-23(19,29)34-25(30)31/h6-10,15-16,18-19,28-29H,4-5,11-13H2,1-3H3/t15?,16?,18-,19-,22-,23-/m0/s1. The Morgan fingerprint density at radius 2 is 1.86 bits per heavy atom. The molecule has 0 aliphatic carbocycles. The smallest absolute Gasteiger partial charge is 0.297 e. The monoisotopic (exact) mass is 510 g/mol. The predicted octanol–water partition coefficient (Wildman–Crippen LogP) is 1.53. The number of amides is 1. The van der Waals surface area contributed by atoms with Gasteiger partial charge in [-0.15, -0.1) is 21.9 Å². The van der Waals surface area contributed by atoms with Gasteiger partial charge in [0.05, 0.1) is 12.0 Å². The lowest BCUT2D eigenvalue weighted by atomic mass is 9.82. The van der Waals surface area contributed by atoms with Gasteiger partial charge in [-0.1, -0.05) is 38.0 Å². The van der Waals surface area contributed by atoms with Crippen molar-refractivity contribution in [2.24, 2.45) is 0 Å². The molecule has 2 unspecified atom stereocenters. The molecule has 4 rings (SSSR count). The van der Waals surface area contributed by atoms with Crippen LogP contribution in [0.3, 0.4) is 0 Å². The van der Waals surface area contributed by atoms with Crippen LogP contribution in [0.5, 0.6) is 0 Å². The number of hydrogen-bond acceptors (Lipinski definition) is 10. The van der Waals surface area contributed by atoms with Gasteiger partial charge in [0.25, 0.3) is 16.8 Å². The van der Waals surface area contributed by atoms with E-state index in [-0.39, 0.29) is 11.3 Å². The van der Waals surface area contributed by atoms with E-state index in [2.05, 4.69) is 4.84 Å². The third kappa shape index (κ3) is 4.42. The van der Waals surface area contributed by atoms with E-state index in [1.165, 1.54) is 16.7 Å². The van der Waals surface area contributed by atoms with Crippen molar-refractivity contribution in [1.29, 1.82) is 0 Å². The van der Waals surface area contributed by atoms with E-state index < -0.39 is 58.5 Å². The summed E-state index contributed by atoms with van der Waals surface area (Å²) < 4.78 is 10.1. The number of ether oxygens (including phenoxy) is 2. The number of aliphatic hydroxyl groups is 2. The van der Waals surface area contributed by atoms with Crippen LogP contribution in [-0.2, 0) is 19.1 Å². The van der Waals surface area contributed by atoms with Crippen LogP contribution in [0.4, 0.5) is 0 Å². The van der Waals surface area contributed by atoms with Crippen molar-refractivity contribution in [2.75, 3.05) is 13.2 Å². The number of fused-ring (bicyclic) bond motifs is 1. The molecular formula is C23H30N2O9S. The van der Waals surface area contributed by atoms with Crippen molar-refractivity contribution in [3.05, 3.63) is 46.0 Å². The van der Waals surface area contributed by atoms with Gasteiger partial charge in [0.2, 0.25) is 0 Å². The minimum absolute atomic E-state index is 0.299. The first-order chi connectivity index (χ1) is 16.4. The van der Waals surface area contributed by atoms with Crippen LogP contribution in [-0.4, -0.2) is 84.9 Å². The summed E-state index contributed by atoms with van der Waals surface area (Å²) in [5.74, 6) is -3.49. The van der Waals surface area contributed by atoms with Gasteiger partial charge in [-0.2, -0.15) is 0 Å². The molecule has 2 N–H and O–H groups in total. The number of carbonyl (C=O) groups is 2. The van der Waals surface area contributed by atoms with Crippen LogP contribution < -0.4 is 0 Å². The summed E-state index contributed by atoms with van der Waals surface area (Å²) in [5, 5.41) is 31.4. The Morgan fingerprint density at radius 3 is 2.49 bits per heavy atom. The minimum atomic E-state index is -2.46. The molecule has 3 aliphatic rings. The van der Waals surface area contributed by atoms with E-state index in [0.717, 1.165) is 12.8 Å². The summed E-state index contributed by atoms with van der Waals surface area (Å²) in [7, 11) is 0. The number of hydrogen-bond donors (Lipinski definition) is 2. The molecule has 11 nitrogen and oxygen atoms in total. The van der Waals surface area contributed by atoms with E-state index in [9.17, 15) is 29.9 Å². The molecule has 35 heavy (non-hydrogen) atoms. The van der Waals surface area contributed by atoms with Gasteiger partial charge in [0.1, 0.15) is 24.9 Å². The second-order valence-electron chi connectivity index (χ2n) is 9.71. The molecule has 0 radical (unpaired) electrons. The highest BCUT2D eigenvalue weighted by Gasteiger charge is 2.69. The summed E-state index contributed by atoms with van der Waals surface area (Å²) >= 11 is 1.49. The minimum Gasteiger partial charge on any atom is -0.377 e. The zero-order valence-corrected chi connectivity index (χ0v) is 20.6. The molecule has 6 atom stereocenters. The maximum Gasteiger partial charge on any atom is 0.297 e. The highest BCUT2D eigenvalue weighted by atomic mass is 32.2. The molecule has 0 saturated carbocycles. The van der Waals surface area contributed by atoms with Gasteiger partial charge < -0.3 is 24.6 Å². The van der Waals surface area contributed by atoms with Crippen LogP contribution in [0.2, 0.25) is 0 Å². The number of unbranched alkanes of at least 4 members (excludes halogenated alkanes) is 1. The highest BCUT2D eigenvalue weighted by Crippen LogP contribution is 2.50. The van der Waals surface area contributed by atoms with Gasteiger partial charge in [-0.3, -0.25) is 14.4 Å². The number of nitrogens with zero attached hydrogens (tertiary/aromatic N) is 2. The largest absolute Gasteiger partial charge is 0.377 e. The molecule has 3 aliphatic heterocycles. The zero-order chi connectivity index (χ0) is 25.6. The number of thioether (sulfide) groups is 1. The average Bonchev–Trinajstić information content (AvgIpc) is 3.41. The van der Waals surface area contributed by atoms with E-state index in [0.29, 0.717) is 12.0 Å². The third-order valence-electron chi connectivity index (χ3n) is 6.80. The average molecular weight is 511 g/mol. The van der Waals surface area contributed by atoms with Gasteiger partial charge in [-0.25, -0.2) is 0 Å². The number of rotatable bonds is 8. The molecule has 12 heteroatoms. The molecule has 1 aromatic rings. The fourth-order valence-corrected chi connectivity index (χ4v) is 6.81. The summed E-state index contributed by atoms with van der Waals surface area (Å²) in [6.07, 6.45) is -0.425. The third-order valence-corrected chi connectivity index (χ3v) is 8.36. The van der Waals surface area contributed by atoms with Crippen LogP contribution in [0.1, 0.15) is 50.4 Å². The van der Waals surface area contributed by atoms with Gasteiger partial charge in [0, 0.05) is 10.3 Å². The lowest BCUT2D eigenvalue weighted by Crippen LogP contribution is -2.62. The van der Waals surface area contributed by atoms with E-state index in [1.807, 2.05) is 20.8 Å². The molecule has 3 fully saturated rings. The van der Waals surface area contributed by atoms with Crippen molar-refractivity contribution < 1.29 is 39.2 Å². The summed E-state index contributed by atoms with van der Waals surface area (Å²) in [6, 6.07) is 7.59. The van der Waals surface area contributed by atoms with E-state index in [1.54, 1.807) is 30.3 Å². The molecule has 1 amide bonds. The normalized spacial score (nSPS) is 35.6. The molecule has 3 heterocycles. The Bertz CT molecular complexity index is 992. The van der Waals surface area contributed by atoms with Crippen LogP contribution >= 0.6 is 11.8 Å². The Labute approximate surface area is 206 Å². The van der Waals surface area contributed by atoms with E-state index >= 15 is 0 Å². The number of ketones is 1. The molecule has 1 aromatic carbocycles. The maximum atomic E-state index is 14.1. The van der Waals surface area contributed by atoms with Crippen molar-refractivity contribution in [2.45, 2.75) is 79.8 Å². The Hall–Kier alpha value is -2.25. The lowest BCUT2D eigenvalue weighted by Gasteiger charge is -2.37. The number of Topliss-reactive ketones (excluding diaryl/α,β-unsaturated/α-hetero) is 1. The van der Waals surface area contributed by atoms with Gasteiger partial charge in [-0.05, 0) is 32.4 Å². The Balaban J connectivity index is 1.68. The zero-order valence-electron chi connectivity index (χ0n) is 19.8. The Kier molecular flexibility index (Phi) is 6.88. The fraction of sp³-hybridized carbons (Fsp3) is 0.652. The molecule has 0 bridgehead atoms. The van der Waals surface area contributed by atoms with Gasteiger partial charge >= 0.3 is 0 Å². The Morgan fingerprint density at radius 1 is 1.20 bits per heavy atom. The van der Waals surface area contributed by atoms with Crippen LogP contribution in [0, 0.1) is 10.1 Å². The SMILES string of the molecule is CCCCC1SC(C)(C)C(C(=O)[C@@]2(O)CO[C@H]3[C@@H]2OC[C@]3(O)O[N+](=O)[O-])N1C(=O)c1ccccc1. The lowest BCUT2D eigenvalue weighted by molar-refractivity contribution is -0.797. The number of benzene rings is 1. The van der Waals surface area contributed by atoms with Crippen LogP contribution in [0.25, 0.3) is 0 Å². The fourth-order valence-electron chi connectivity index (χ4n) is 5.15. The van der Waals surface area contributed by atoms with E-state index in [4.69, 9.17) is 9.47 Å². The topological polar surface area (TPSA) is 149 Å². The van der Waals surface area contributed by atoms with Crippen molar-refractivity contribution >= 4 is 23.5 Å². The second-order valence-corrected chi connectivity index (χ2v) is 11.5. The second kappa shape index (κ2) is 9.32. The van der Waals surface area contributed by atoms with Crippen molar-refractivity contribution in [1.82, 2.24) is 4.90 Å². The molecule has 192 valence electrons.